The van der Waals surface area contributed by atoms with Crippen LogP contribution >= 0.6 is 0 Å². The molecule has 1 unspecified atom stereocenters. The molecule has 0 saturated carbocycles. The number of nitrogens with zero attached hydrogens (tertiary/aromatic N) is 3. The van der Waals surface area contributed by atoms with Crippen molar-refractivity contribution in [3.8, 4) is 0 Å². The number of rotatable bonds is 3. The second-order valence-corrected chi connectivity index (χ2v) is 4.81. The van der Waals surface area contributed by atoms with Gasteiger partial charge >= 0.3 is 0 Å². The van der Waals surface area contributed by atoms with Crippen LogP contribution in [0.25, 0.3) is 0 Å². The summed E-state index contributed by atoms with van der Waals surface area (Å²) in [5, 5.41) is 6.69. The third-order valence-electron chi connectivity index (χ3n) is 2.88. The Morgan fingerprint density at radius 3 is 3.00 bits per heavy atom. The third-order valence-corrected chi connectivity index (χ3v) is 2.88. The van der Waals surface area contributed by atoms with Gasteiger partial charge in [-0.1, -0.05) is 0 Å². The molecular formula is C12H21N5. The Balaban J connectivity index is 2.14. The summed E-state index contributed by atoms with van der Waals surface area (Å²) < 4.78 is 0. The number of hydrogen-bond donors (Lipinski definition) is 2. The number of piperazine rings is 1. The topological polar surface area (TPSA) is 53.1 Å². The molecule has 1 aromatic rings. The van der Waals surface area contributed by atoms with Gasteiger partial charge in [0.1, 0.15) is 18.0 Å². The van der Waals surface area contributed by atoms with Crippen LogP contribution in [-0.4, -0.2) is 41.7 Å². The number of aromatic nitrogens is 2. The molecule has 1 atom stereocenters. The van der Waals surface area contributed by atoms with Crippen LogP contribution in [0.5, 0.6) is 0 Å². The molecular weight excluding hydrogens is 214 g/mol. The first-order valence-electron chi connectivity index (χ1n) is 6.23. The molecule has 2 rings (SSSR count). The lowest BCUT2D eigenvalue weighted by atomic mass is 10.2. The van der Waals surface area contributed by atoms with Crippen LogP contribution in [0.2, 0.25) is 0 Å². The van der Waals surface area contributed by atoms with E-state index in [-0.39, 0.29) is 0 Å². The van der Waals surface area contributed by atoms with Gasteiger partial charge in [-0.25, -0.2) is 9.97 Å². The highest BCUT2D eigenvalue weighted by atomic mass is 15.3. The molecule has 2 heterocycles. The van der Waals surface area contributed by atoms with Gasteiger partial charge in [-0.05, 0) is 20.8 Å². The lowest BCUT2D eigenvalue weighted by molar-refractivity contribution is 0.497. The van der Waals surface area contributed by atoms with E-state index in [0.29, 0.717) is 12.1 Å². The first-order chi connectivity index (χ1) is 8.16. The smallest absolute Gasteiger partial charge is 0.134 e. The molecule has 2 N–H and O–H groups in total. The average Bonchev–Trinajstić information content (AvgIpc) is 2.29. The van der Waals surface area contributed by atoms with E-state index in [1.54, 1.807) is 6.33 Å². The summed E-state index contributed by atoms with van der Waals surface area (Å²) in [7, 11) is 0. The second-order valence-electron chi connectivity index (χ2n) is 4.81. The fourth-order valence-electron chi connectivity index (χ4n) is 2.06. The SMILES string of the molecule is CC(C)Nc1cc(N2CCNCC2C)ncn1. The molecule has 0 radical (unpaired) electrons. The molecule has 0 bridgehead atoms. The predicted molar refractivity (Wildman–Crippen MR) is 70.5 cm³/mol. The first-order valence-corrected chi connectivity index (χ1v) is 6.23. The molecule has 0 aliphatic carbocycles. The van der Waals surface area contributed by atoms with Crippen LogP contribution in [0.15, 0.2) is 12.4 Å². The maximum absolute atomic E-state index is 4.37. The van der Waals surface area contributed by atoms with Gasteiger partial charge in [0, 0.05) is 37.8 Å². The van der Waals surface area contributed by atoms with Gasteiger partial charge in [0.05, 0.1) is 0 Å². The average molecular weight is 235 g/mol. The largest absolute Gasteiger partial charge is 0.368 e. The van der Waals surface area contributed by atoms with Crippen LogP contribution in [0.4, 0.5) is 11.6 Å². The lowest BCUT2D eigenvalue weighted by Crippen LogP contribution is -2.50. The third kappa shape index (κ3) is 3.06. The molecule has 0 aromatic carbocycles. The van der Waals surface area contributed by atoms with E-state index in [1.807, 2.05) is 6.07 Å². The minimum atomic E-state index is 0.387. The van der Waals surface area contributed by atoms with E-state index in [2.05, 4.69) is 46.3 Å². The molecule has 1 aliphatic heterocycles. The Labute approximate surface area is 103 Å². The summed E-state index contributed by atoms with van der Waals surface area (Å²) in [6, 6.07) is 2.89. The van der Waals surface area contributed by atoms with Gasteiger partial charge in [-0.3, -0.25) is 0 Å². The zero-order valence-electron chi connectivity index (χ0n) is 10.8. The van der Waals surface area contributed by atoms with Crippen molar-refractivity contribution < 1.29 is 0 Å². The lowest BCUT2D eigenvalue weighted by Gasteiger charge is -2.34. The second kappa shape index (κ2) is 5.31. The summed E-state index contributed by atoms with van der Waals surface area (Å²) in [4.78, 5) is 10.9. The number of hydrogen-bond acceptors (Lipinski definition) is 5. The van der Waals surface area contributed by atoms with Crippen molar-refractivity contribution >= 4 is 11.6 Å². The summed E-state index contributed by atoms with van der Waals surface area (Å²) in [5.41, 5.74) is 0. The zero-order valence-corrected chi connectivity index (χ0v) is 10.8. The Morgan fingerprint density at radius 2 is 2.29 bits per heavy atom. The summed E-state index contributed by atoms with van der Waals surface area (Å²) in [5.74, 6) is 1.91. The van der Waals surface area contributed by atoms with E-state index in [4.69, 9.17) is 0 Å². The number of nitrogens with one attached hydrogen (secondary N) is 2. The normalized spacial score (nSPS) is 20.7. The Hall–Kier alpha value is -1.36. The first kappa shape index (κ1) is 12.1. The van der Waals surface area contributed by atoms with E-state index in [0.717, 1.165) is 31.3 Å². The molecule has 94 valence electrons. The minimum absolute atomic E-state index is 0.387. The summed E-state index contributed by atoms with van der Waals surface area (Å²) in [6.07, 6.45) is 1.63. The summed E-state index contributed by atoms with van der Waals surface area (Å²) >= 11 is 0. The predicted octanol–water partition coefficient (Wildman–Crippen LogP) is 1.09. The maximum atomic E-state index is 4.37. The van der Waals surface area contributed by atoms with Crippen molar-refractivity contribution in [2.24, 2.45) is 0 Å². The molecule has 1 fully saturated rings. The van der Waals surface area contributed by atoms with Crippen LogP contribution in [0.3, 0.4) is 0 Å². The molecule has 0 amide bonds. The van der Waals surface area contributed by atoms with E-state index >= 15 is 0 Å². The van der Waals surface area contributed by atoms with Crippen LogP contribution in [0.1, 0.15) is 20.8 Å². The highest BCUT2D eigenvalue weighted by Crippen LogP contribution is 2.18. The Bertz CT molecular complexity index is 366. The molecule has 17 heavy (non-hydrogen) atoms. The van der Waals surface area contributed by atoms with Crippen LogP contribution in [-0.2, 0) is 0 Å². The molecule has 0 spiro atoms. The minimum Gasteiger partial charge on any atom is -0.368 e. The van der Waals surface area contributed by atoms with Crippen molar-refractivity contribution in [2.75, 3.05) is 29.9 Å². The molecule has 1 aliphatic rings. The molecule has 5 nitrogen and oxygen atoms in total. The molecule has 1 saturated heterocycles. The van der Waals surface area contributed by atoms with Gasteiger partial charge in [0.15, 0.2) is 0 Å². The van der Waals surface area contributed by atoms with Crippen molar-refractivity contribution in [1.82, 2.24) is 15.3 Å². The van der Waals surface area contributed by atoms with E-state index < -0.39 is 0 Å². The van der Waals surface area contributed by atoms with Gasteiger partial charge in [-0.15, -0.1) is 0 Å². The van der Waals surface area contributed by atoms with Crippen LogP contribution in [0, 0.1) is 0 Å². The zero-order chi connectivity index (χ0) is 12.3. The van der Waals surface area contributed by atoms with Crippen LogP contribution < -0.4 is 15.5 Å². The highest BCUT2D eigenvalue weighted by Gasteiger charge is 2.19. The van der Waals surface area contributed by atoms with Gasteiger partial charge in [-0.2, -0.15) is 0 Å². The van der Waals surface area contributed by atoms with Gasteiger partial charge in [0.2, 0.25) is 0 Å². The van der Waals surface area contributed by atoms with Gasteiger partial charge in [0.25, 0.3) is 0 Å². The standard InChI is InChI=1S/C12H21N5/c1-9(2)16-11-6-12(15-8-14-11)17-5-4-13-7-10(17)3/h6,8-10,13H,4-5,7H2,1-3H3,(H,14,15,16). The molecule has 1 aromatic heterocycles. The highest BCUT2D eigenvalue weighted by molar-refractivity contribution is 5.49. The summed E-state index contributed by atoms with van der Waals surface area (Å²) in [6.45, 7) is 9.45. The monoisotopic (exact) mass is 235 g/mol. The Kier molecular flexibility index (Phi) is 3.78. The quantitative estimate of drug-likeness (QED) is 0.821. The van der Waals surface area contributed by atoms with Gasteiger partial charge < -0.3 is 15.5 Å². The van der Waals surface area contributed by atoms with Crippen molar-refractivity contribution in [2.45, 2.75) is 32.9 Å². The van der Waals surface area contributed by atoms with Crippen molar-refractivity contribution in [3.63, 3.8) is 0 Å². The van der Waals surface area contributed by atoms with Crippen molar-refractivity contribution in [3.05, 3.63) is 12.4 Å². The fourth-order valence-corrected chi connectivity index (χ4v) is 2.06. The maximum Gasteiger partial charge on any atom is 0.134 e. The van der Waals surface area contributed by atoms with E-state index in [1.165, 1.54) is 0 Å². The number of anilines is 2. The Morgan fingerprint density at radius 1 is 1.47 bits per heavy atom. The fraction of sp³-hybridized carbons (Fsp3) is 0.667. The molecule has 5 heteroatoms. The van der Waals surface area contributed by atoms with E-state index in [9.17, 15) is 0 Å². The van der Waals surface area contributed by atoms with Crippen molar-refractivity contribution in [1.29, 1.82) is 0 Å².